The average molecular weight is 289 g/mol. The van der Waals surface area contributed by atoms with E-state index in [9.17, 15) is 9.90 Å². The number of hydrogen-bond donors (Lipinski definition) is 3. The van der Waals surface area contributed by atoms with E-state index < -0.39 is 12.2 Å². The van der Waals surface area contributed by atoms with Crippen molar-refractivity contribution in [3.05, 3.63) is 23.7 Å². The van der Waals surface area contributed by atoms with Crippen molar-refractivity contribution >= 4 is 11.7 Å². The molecule has 2 heterocycles. The van der Waals surface area contributed by atoms with Gasteiger partial charge in [0.15, 0.2) is 11.5 Å². The minimum Gasteiger partial charge on any atom is -0.465 e. The van der Waals surface area contributed by atoms with Gasteiger partial charge < -0.3 is 15.5 Å². The molecule has 1 amide bonds. The fourth-order valence-electron chi connectivity index (χ4n) is 1.48. The number of aromatic nitrogens is 4. The standard InChI is InChI=1S/C13H15N5O3/c1-8(2)10(19)5-3-9-4-6-11-15-16-12(18(11)17-9)7-14-13(20)21/h4,6,8,10,14,19H,7H2,1-2H3,(H,20,21). The highest BCUT2D eigenvalue weighted by molar-refractivity contribution is 5.64. The summed E-state index contributed by atoms with van der Waals surface area (Å²) in [6, 6.07) is 3.34. The van der Waals surface area contributed by atoms with Crippen molar-refractivity contribution in [1.82, 2.24) is 25.1 Å². The SMILES string of the molecule is CC(C)C(O)C#Cc1ccc2nnc(CNC(=O)O)n2n1. The molecule has 0 fully saturated rings. The molecule has 0 saturated heterocycles. The van der Waals surface area contributed by atoms with Gasteiger partial charge in [0.1, 0.15) is 11.8 Å². The quantitative estimate of drug-likeness (QED) is 0.699. The van der Waals surface area contributed by atoms with Gasteiger partial charge in [0.2, 0.25) is 0 Å². The first-order chi connectivity index (χ1) is 9.97. The van der Waals surface area contributed by atoms with Crippen LogP contribution in [-0.4, -0.2) is 42.2 Å². The number of carbonyl (C=O) groups is 1. The highest BCUT2D eigenvalue weighted by atomic mass is 16.4. The predicted octanol–water partition coefficient (Wildman–Crippen LogP) is 0.260. The molecule has 0 radical (unpaired) electrons. The lowest BCUT2D eigenvalue weighted by Crippen LogP contribution is -2.21. The Morgan fingerprint density at radius 3 is 2.86 bits per heavy atom. The summed E-state index contributed by atoms with van der Waals surface area (Å²) in [6.07, 6.45) is -1.88. The molecule has 0 saturated carbocycles. The molecule has 0 aromatic carbocycles. The summed E-state index contributed by atoms with van der Waals surface area (Å²) in [5.74, 6) is 5.87. The van der Waals surface area contributed by atoms with E-state index in [0.29, 0.717) is 17.2 Å². The fraction of sp³-hybridized carbons (Fsp3) is 0.385. The zero-order valence-corrected chi connectivity index (χ0v) is 11.6. The maximum absolute atomic E-state index is 10.5. The molecule has 0 aliphatic heterocycles. The van der Waals surface area contributed by atoms with E-state index in [4.69, 9.17) is 5.11 Å². The summed E-state index contributed by atoms with van der Waals surface area (Å²) < 4.78 is 1.42. The molecule has 1 unspecified atom stereocenters. The van der Waals surface area contributed by atoms with Gasteiger partial charge in [0, 0.05) is 0 Å². The van der Waals surface area contributed by atoms with Gasteiger partial charge in [0.25, 0.3) is 0 Å². The van der Waals surface area contributed by atoms with E-state index >= 15 is 0 Å². The molecule has 0 spiro atoms. The molecule has 0 aliphatic rings. The topological polar surface area (TPSA) is 113 Å². The summed E-state index contributed by atoms with van der Waals surface area (Å²) in [6.45, 7) is 3.73. The van der Waals surface area contributed by atoms with Crippen LogP contribution in [0, 0.1) is 17.8 Å². The molecule has 110 valence electrons. The Labute approximate surface area is 120 Å². The van der Waals surface area contributed by atoms with Gasteiger partial charge in [-0.15, -0.1) is 10.2 Å². The van der Waals surface area contributed by atoms with E-state index in [1.807, 2.05) is 13.8 Å². The van der Waals surface area contributed by atoms with Crippen molar-refractivity contribution in [2.24, 2.45) is 5.92 Å². The molecule has 21 heavy (non-hydrogen) atoms. The van der Waals surface area contributed by atoms with Crippen LogP contribution in [0.25, 0.3) is 5.65 Å². The van der Waals surface area contributed by atoms with Crippen molar-refractivity contribution in [3.8, 4) is 11.8 Å². The lowest BCUT2D eigenvalue weighted by atomic mass is 10.1. The zero-order chi connectivity index (χ0) is 15.4. The number of nitrogens with zero attached hydrogens (tertiary/aromatic N) is 4. The number of hydrogen-bond acceptors (Lipinski definition) is 5. The average Bonchev–Trinajstić information content (AvgIpc) is 2.84. The Morgan fingerprint density at radius 1 is 1.43 bits per heavy atom. The Hall–Kier alpha value is -2.66. The molecular formula is C13H15N5O3. The number of nitrogens with one attached hydrogen (secondary N) is 1. The smallest absolute Gasteiger partial charge is 0.405 e. The van der Waals surface area contributed by atoms with Gasteiger partial charge in [-0.25, -0.2) is 4.79 Å². The number of aliphatic hydroxyl groups is 1. The van der Waals surface area contributed by atoms with E-state index in [2.05, 4.69) is 32.5 Å². The van der Waals surface area contributed by atoms with Crippen LogP contribution in [-0.2, 0) is 6.54 Å². The second kappa shape index (κ2) is 6.19. The Kier molecular flexibility index (Phi) is 4.35. The van der Waals surface area contributed by atoms with E-state index in [0.717, 1.165) is 0 Å². The fourth-order valence-corrected chi connectivity index (χ4v) is 1.48. The third-order valence-electron chi connectivity index (χ3n) is 2.70. The van der Waals surface area contributed by atoms with Gasteiger partial charge >= 0.3 is 6.09 Å². The molecule has 0 aliphatic carbocycles. The van der Waals surface area contributed by atoms with Crippen LogP contribution in [0.15, 0.2) is 12.1 Å². The molecular weight excluding hydrogens is 274 g/mol. The Balaban J connectivity index is 2.27. The highest BCUT2D eigenvalue weighted by Gasteiger charge is 2.08. The molecule has 2 rings (SSSR count). The largest absolute Gasteiger partial charge is 0.465 e. The summed E-state index contributed by atoms with van der Waals surface area (Å²) >= 11 is 0. The van der Waals surface area contributed by atoms with Gasteiger partial charge in [-0.2, -0.15) is 9.61 Å². The molecule has 2 aromatic heterocycles. The molecule has 3 N–H and O–H groups in total. The van der Waals surface area contributed by atoms with Crippen LogP contribution in [0.4, 0.5) is 4.79 Å². The monoisotopic (exact) mass is 289 g/mol. The second-order valence-electron chi connectivity index (χ2n) is 4.72. The number of aliphatic hydroxyl groups excluding tert-OH is 1. The Morgan fingerprint density at radius 2 is 2.19 bits per heavy atom. The van der Waals surface area contributed by atoms with E-state index in [1.54, 1.807) is 12.1 Å². The summed E-state index contributed by atoms with van der Waals surface area (Å²) in [5.41, 5.74) is 0.936. The maximum Gasteiger partial charge on any atom is 0.405 e. The number of fused-ring (bicyclic) bond motifs is 1. The maximum atomic E-state index is 10.5. The molecule has 8 heteroatoms. The lowest BCUT2D eigenvalue weighted by molar-refractivity contribution is 0.181. The van der Waals surface area contributed by atoms with Crippen molar-refractivity contribution in [2.75, 3.05) is 0 Å². The van der Waals surface area contributed by atoms with Crippen LogP contribution in [0.3, 0.4) is 0 Å². The van der Waals surface area contributed by atoms with Crippen molar-refractivity contribution in [3.63, 3.8) is 0 Å². The third kappa shape index (κ3) is 3.67. The van der Waals surface area contributed by atoms with Gasteiger partial charge in [-0.3, -0.25) is 0 Å². The zero-order valence-electron chi connectivity index (χ0n) is 11.6. The van der Waals surface area contributed by atoms with Crippen LogP contribution >= 0.6 is 0 Å². The van der Waals surface area contributed by atoms with Crippen molar-refractivity contribution in [2.45, 2.75) is 26.5 Å². The third-order valence-corrected chi connectivity index (χ3v) is 2.70. The van der Waals surface area contributed by atoms with Crippen molar-refractivity contribution < 1.29 is 15.0 Å². The number of rotatable bonds is 3. The number of amides is 1. The summed E-state index contributed by atoms with van der Waals surface area (Å²) in [7, 11) is 0. The molecule has 2 aromatic rings. The summed E-state index contributed by atoms with van der Waals surface area (Å²) in [4.78, 5) is 10.5. The minimum atomic E-state index is -1.15. The van der Waals surface area contributed by atoms with Crippen LogP contribution in [0.5, 0.6) is 0 Å². The normalized spacial score (nSPS) is 12.0. The molecule has 8 nitrogen and oxygen atoms in total. The number of carboxylic acid groups (broad SMARTS) is 1. The van der Waals surface area contributed by atoms with Crippen LogP contribution in [0.1, 0.15) is 25.4 Å². The molecule has 0 bridgehead atoms. The van der Waals surface area contributed by atoms with E-state index in [1.165, 1.54) is 4.52 Å². The first-order valence-electron chi connectivity index (χ1n) is 6.35. The van der Waals surface area contributed by atoms with Gasteiger partial charge in [0.05, 0.1) is 6.54 Å². The van der Waals surface area contributed by atoms with Crippen LogP contribution in [0.2, 0.25) is 0 Å². The predicted molar refractivity (Wildman–Crippen MR) is 73.4 cm³/mol. The summed E-state index contributed by atoms with van der Waals surface area (Å²) in [5, 5.41) is 32.4. The first kappa shape index (κ1) is 14.7. The van der Waals surface area contributed by atoms with Crippen molar-refractivity contribution in [1.29, 1.82) is 0 Å². The second-order valence-corrected chi connectivity index (χ2v) is 4.72. The lowest BCUT2D eigenvalue weighted by Gasteiger charge is -2.05. The first-order valence-corrected chi connectivity index (χ1v) is 6.35. The van der Waals surface area contributed by atoms with Gasteiger partial charge in [-0.05, 0) is 24.0 Å². The highest BCUT2D eigenvalue weighted by Crippen LogP contribution is 2.04. The molecule has 1 atom stereocenters. The Bertz CT molecular complexity index is 713. The van der Waals surface area contributed by atoms with Gasteiger partial charge in [-0.1, -0.05) is 19.8 Å². The van der Waals surface area contributed by atoms with E-state index in [-0.39, 0.29) is 12.5 Å². The minimum absolute atomic E-state index is 0.00496. The van der Waals surface area contributed by atoms with Crippen LogP contribution < -0.4 is 5.32 Å².